The van der Waals surface area contributed by atoms with Gasteiger partial charge in [0.05, 0.1) is 12.8 Å². The minimum Gasteiger partial charge on any atom is -0.495 e. The second-order valence-corrected chi connectivity index (χ2v) is 7.09. The molecule has 0 N–H and O–H groups in total. The van der Waals surface area contributed by atoms with E-state index in [1.807, 2.05) is 52.4 Å². The number of pyridine rings is 1. The Morgan fingerprint density at radius 1 is 0.821 bits per heavy atom. The molecule has 0 saturated carbocycles. The van der Waals surface area contributed by atoms with Crippen molar-refractivity contribution in [3.63, 3.8) is 0 Å². The number of aromatic nitrogens is 1. The molecule has 0 unspecified atom stereocenters. The third-order valence-electron chi connectivity index (χ3n) is 5.50. The topological polar surface area (TPSA) is 52.2 Å². The lowest BCUT2D eigenvalue weighted by Crippen LogP contribution is -2.57. The maximum absolute atomic E-state index is 12.9. The molecule has 2 aromatic rings. The predicted molar refractivity (Wildman–Crippen MR) is 110 cm³/mol. The zero-order valence-corrected chi connectivity index (χ0v) is 16.3. The molecule has 1 aromatic carbocycles. The van der Waals surface area contributed by atoms with E-state index in [1.54, 1.807) is 7.11 Å². The third kappa shape index (κ3) is 3.83. The van der Waals surface area contributed by atoms with Gasteiger partial charge >= 0.3 is 6.03 Å². The van der Waals surface area contributed by atoms with Gasteiger partial charge in [0, 0.05) is 58.6 Å². The molecule has 2 aliphatic heterocycles. The minimum absolute atomic E-state index is 0.153. The summed E-state index contributed by atoms with van der Waals surface area (Å²) in [6.07, 6.45) is 1.81. The molecule has 0 radical (unpaired) electrons. The standard InChI is InChI=1S/C21H27N5O2/c1-28-19-7-3-2-6-18(19)23-10-14-25(15-11-23)21(27)26-16-12-24(13-17-26)20-8-4-5-9-22-20/h2-9H,10-17H2,1H3. The van der Waals surface area contributed by atoms with Gasteiger partial charge in [0.25, 0.3) is 0 Å². The largest absolute Gasteiger partial charge is 0.495 e. The van der Waals surface area contributed by atoms with Crippen LogP contribution in [0.25, 0.3) is 0 Å². The Labute approximate surface area is 166 Å². The Hall–Kier alpha value is -2.96. The van der Waals surface area contributed by atoms with Crippen LogP contribution >= 0.6 is 0 Å². The molecule has 28 heavy (non-hydrogen) atoms. The Bertz CT molecular complexity index is 784. The molecule has 1 aromatic heterocycles. The van der Waals surface area contributed by atoms with Gasteiger partial charge in [-0.2, -0.15) is 0 Å². The Morgan fingerprint density at radius 3 is 2.04 bits per heavy atom. The van der Waals surface area contributed by atoms with E-state index in [0.29, 0.717) is 0 Å². The summed E-state index contributed by atoms with van der Waals surface area (Å²) in [4.78, 5) is 25.8. The van der Waals surface area contributed by atoms with Crippen LogP contribution in [-0.4, -0.2) is 80.3 Å². The van der Waals surface area contributed by atoms with Crippen LogP contribution in [0.4, 0.5) is 16.3 Å². The van der Waals surface area contributed by atoms with Crippen LogP contribution in [0.15, 0.2) is 48.7 Å². The van der Waals surface area contributed by atoms with Crippen LogP contribution in [-0.2, 0) is 0 Å². The fraction of sp³-hybridized carbons (Fsp3) is 0.429. The minimum atomic E-state index is 0.153. The van der Waals surface area contributed by atoms with Gasteiger partial charge in [-0.3, -0.25) is 0 Å². The molecule has 0 atom stereocenters. The molecule has 0 bridgehead atoms. The van der Waals surface area contributed by atoms with Gasteiger partial charge in [0.1, 0.15) is 11.6 Å². The van der Waals surface area contributed by atoms with Crippen LogP contribution in [0.2, 0.25) is 0 Å². The number of nitrogens with zero attached hydrogens (tertiary/aromatic N) is 5. The number of carbonyl (C=O) groups excluding carboxylic acids is 1. The SMILES string of the molecule is COc1ccccc1N1CCN(C(=O)N2CCN(c3ccccn3)CC2)CC1. The van der Waals surface area contributed by atoms with Crippen LogP contribution < -0.4 is 14.5 Å². The Kier molecular flexibility index (Phi) is 5.50. The quantitative estimate of drug-likeness (QED) is 0.816. The first-order valence-electron chi connectivity index (χ1n) is 9.84. The summed E-state index contributed by atoms with van der Waals surface area (Å²) in [5, 5.41) is 0. The fourth-order valence-electron chi connectivity index (χ4n) is 3.90. The summed E-state index contributed by atoms with van der Waals surface area (Å²) < 4.78 is 5.47. The van der Waals surface area contributed by atoms with E-state index in [1.165, 1.54) is 0 Å². The number of hydrogen-bond acceptors (Lipinski definition) is 5. The zero-order valence-electron chi connectivity index (χ0n) is 16.3. The highest BCUT2D eigenvalue weighted by atomic mass is 16.5. The van der Waals surface area contributed by atoms with E-state index in [2.05, 4.69) is 20.9 Å². The van der Waals surface area contributed by atoms with Crippen molar-refractivity contribution in [3.8, 4) is 5.75 Å². The summed E-state index contributed by atoms with van der Waals surface area (Å²) in [6.45, 7) is 6.23. The van der Waals surface area contributed by atoms with Crippen molar-refractivity contribution in [2.24, 2.45) is 0 Å². The normalized spacial score (nSPS) is 17.6. The van der Waals surface area contributed by atoms with Gasteiger partial charge in [-0.05, 0) is 24.3 Å². The van der Waals surface area contributed by atoms with E-state index < -0.39 is 0 Å². The summed E-state index contributed by atoms with van der Waals surface area (Å²) in [7, 11) is 1.70. The van der Waals surface area contributed by atoms with Crippen molar-refractivity contribution in [1.29, 1.82) is 0 Å². The molecule has 0 spiro atoms. The first kappa shape index (κ1) is 18.4. The maximum atomic E-state index is 12.9. The number of hydrogen-bond donors (Lipinski definition) is 0. The van der Waals surface area contributed by atoms with Gasteiger partial charge in [0.2, 0.25) is 0 Å². The van der Waals surface area contributed by atoms with Crippen LogP contribution in [0, 0.1) is 0 Å². The Balaban J connectivity index is 1.30. The third-order valence-corrected chi connectivity index (χ3v) is 5.50. The summed E-state index contributed by atoms with van der Waals surface area (Å²) in [6, 6.07) is 14.2. The Morgan fingerprint density at radius 2 is 1.43 bits per heavy atom. The monoisotopic (exact) mass is 381 g/mol. The highest BCUT2D eigenvalue weighted by Gasteiger charge is 2.28. The first-order chi connectivity index (χ1) is 13.8. The van der Waals surface area contributed by atoms with E-state index in [9.17, 15) is 4.79 Å². The molecular formula is C21H27N5O2. The molecule has 0 aliphatic carbocycles. The number of benzene rings is 1. The van der Waals surface area contributed by atoms with E-state index >= 15 is 0 Å². The van der Waals surface area contributed by atoms with Gasteiger partial charge in [-0.25, -0.2) is 9.78 Å². The van der Waals surface area contributed by atoms with Crippen molar-refractivity contribution in [3.05, 3.63) is 48.7 Å². The lowest BCUT2D eigenvalue weighted by atomic mass is 10.2. The number of anilines is 2. The smallest absolute Gasteiger partial charge is 0.320 e. The molecule has 7 nitrogen and oxygen atoms in total. The number of piperazine rings is 2. The molecule has 3 heterocycles. The lowest BCUT2D eigenvalue weighted by Gasteiger charge is -2.41. The summed E-state index contributed by atoms with van der Waals surface area (Å²) in [5.74, 6) is 1.87. The van der Waals surface area contributed by atoms with Crippen molar-refractivity contribution < 1.29 is 9.53 Å². The number of rotatable bonds is 3. The van der Waals surface area contributed by atoms with Gasteiger partial charge in [0.15, 0.2) is 0 Å². The molecule has 2 saturated heterocycles. The number of ether oxygens (including phenoxy) is 1. The van der Waals surface area contributed by atoms with Crippen LogP contribution in [0.1, 0.15) is 0 Å². The maximum Gasteiger partial charge on any atom is 0.320 e. The molecule has 4 rings (SSSR count). The first-order valence-corrected chi connectivity index (χ1v) is 9.84. The van der Waals surface area contributed by atoms with Gasteiger partial charge < -0.3 is 24.3 Å². The van der Waals surface area contributed by atoms with Crippen molar-refractivity contribution in [2.75, 3.05) is 69.3 Å². The second kappa shape index (κ2) is 8.37. The summed E-state index contributed by atoms with van der Waals surface area (Å²) >= 11 is 0. The summed E-state index contributed by atoms with van der Waals surface area (Å²) in [5.41, 5.74) is 1.10. The van der Waals surface area contributed by atoms with Crippen LogP contribution in [0.3, 0.4) is 0 Å². The van der Waals surface area contributed by atoms with Crippen molar-refractivity contribution in [2.45, 2.75) is 0 Å². The van der Waals surface area contributed by atoms with Crippen LogP contribution in [0.5, 0.6) is 5.75 Å². The molecule has 2 aliphatic rings. The molecular weight excluding hydrogens is 354 g/mol. The van der Waals surface area contributed by atoms with Crippen molar-refractivity contribution in [1.82, 2.24) is 14.8 Å². The lowest BCUT2D eigenvalue weighted by molar-refractivity contribution is 0.147. The van der Waals surface area contributed by atoms with Crippen molar-refractivity contribution >= 4 is 17.5 Å². The fourth-order valence-corrected chi connectivity index (χ4v) is 3.90. The second-order valence-electron chi connectivity index (χ2n) is 7.09. The van der Waals surface area contributed by atoms with Gasteiger partial charge in [-0.15, -0.1) is 0 Å². The highest BCUT2D eigenvalue weighted by Crippen LogP contribution is 2.28. The van der Waals surface area contributed by atoms with Gasteiger partial charge in [-0.1, -0.05) is 18.2 Å². The number of para-hydroxylation sites is 2. The van der Waals surface area contributed by atoms with E-state index in [4.69, 9.17) is 4.74 Å². The number of carbonyl (C=O) groups is 1. The average molecular weight is 381 g/mol. The number of amides is 2. The number of urea groups is 1. The molecule has 148 valence electrons. The molecule has 2 amide bonds. The highest BCUT2D eigenvalue weighted by molar-refractivity contribution is 5.75. The predicted octanol–water partition coefficient (Wildman–Crippen LogP) is 2.15. The zero-order chi connectivity index (χ0) is 19.3. The van der Waals surface area contributed by atoms with E-state index in [-0.39, 0.29) is 6.03 Å². The average Bonchev–Trinajstić information content (AvgIpc) is 2.79. The molecule has 7 heteroatoms. The molecule has 2 fully saturated rings. The van der Waals surface area contributed by atoms with E-state index in [0.717, 1.165) is 69.6 Å². The number of methoxy groups -OCH3 is 1.